The Morgan fingerprint density at radius 2 is 2.33 bits per heavy atom. The van der Waals surface area contributed by atoms with Crippen LogP contribution in [0.5, 0.6) is 0 Å². The summed E-state index contributed by atoms with van der Waals surface area (Å²) in [4.78, 5) is 7.45. The molecule has 2 heterocycles. The van der Waals surface area contributed by atoms with E-state index in [9.17, 15) is 0 Å². The van der Waals surface area contributed by atoms with E-state index in [1.807, 2.05) is 0 Å². The van der Waals surface area contributed by atoms with Gasteiger partial charge in [0, 0.05) is 0 Å². The highest BCUT2D eigenvalue weighted by molar-refractivity contribution is 5.79. The number of aromatic nitrogens is 2. The molecule has 0 amide bonds. The van der Waals surface area contributed by atoms with Crippen LogP contribution in [-0.2, 0) is 0 Å². The molecule has 1 aliphatic heterocycles. The van der Waals surface area contributed by atoms with Crippen LogP contribution in [0.3, 0.4) is 0 Å². The normalized spacial score (nSPS) is 14.4. The molecule has 5 heteroatoms. The average Bonchev–Trinajstić information content (AvgIpc) is 2.22. The molecule has 2 rings (SSSR count). The molecule has 0 saturated heterocycles. The monoisotopic (exact) mass is 121 g/mol. The molecule has 0 fully saturated rings. The maximum absolute atomic E-state index is 6.97. The second-order valence-corrected chi connectivity index (χ2v) is 1.65. The summed E-state index contributed by atoms with van der Waals surface area (Å²) in [5.41, 5.74) is 0.583. The SMILES string of the molecule is N=C1N=c2cn[nH]c2=N1. The van der Waals surface area contributed by atoms with Crippen molar-refractivity contribution in [2.75, 3.05) is 0 Å². The van der Waals surface area contributed by atoms with Crippen LogP contribution in [-0.4, -0.2) is 16.2 Å². The molecule has 9 heavy (non-hydrogen) atoms. The van der Waals surface area contributed by atoms with E-state index in [1.165, 1.54) is 0 Å². The Bertz CT molecular complexity index is 326. The number of rotatable bonds is 0. The second kappa shape index (κ2) is 1.25. The Morgan fingerprint density at radius 1 is 1.44 bits per heavy atom. The third-order valence-corrected chi connectivity index (χ3v) is 1.04. The number of guanidine groups is 1. The van der Waals surface area contributed by atoms with E-state index < -0.39 is 0 Å². The van der Waals surface area contributed by atoms with E-state index in [0.717, 1.165) is 0 Å². The molecular weight excluding hydrogens is 118 g/mol. The average molecular weight is 121 g/mol. The van der Waals surface area contributed by atoms with Gasteiger partial charge in [0.25, 0.3) is 0 Å². The van der Waals surface area contributed by atoms with Crippen molar-refractivity contribution >= 4 is 5.96 Å². The van der Waals surface area contributed by atoms with Crippen molar-refractivity contribution in [1.29, 1.82) is 5.41 Å². The Labute approximate surface area is 49.7 Å². The molecule has 0 unspecified atom stereocenters. The number of nitrogens with zero attached hydrogens (tertiary/aromatic N) is 3. The Hall–Kier alpha value is -1.52. The predicted octanol–water partition coefficient (Wildman–Crippen LogP) is -1.40. The summed E-state index contributed by atoms with van der Waals surface area (Å²) >= 11 is 0. The third-order valence-electron chi connectivity index (χ3n) is 1.04. The van der Waals surface area contributed by atoms with E-state index in [-0.39, 0.29) is 5.96 Å². The van der Waals surface area contributed by atoms with Crippen LogP contribution < -0.4 is 10.8 Å². The van der Waals surface area contributed by atoms with Crippen molar-refractivity contribution in [2.45, 2.75) is 0 Å². The fraction of sp³-hybridized carbons (Fsp3) is 0. The highest BCUT2D eigenvalue weighted by atomic mass is 15.2. The number of hydrogen-bond donors (Lipinski definition) is 2. The van der Waals surface area contributed by atoms with Crippen LogP contribution in [0.15, 0.2) is 16.2 Å². The summed E-state index contributed by atoms with van der Waals surface area (Å²) in [5, 5.41) is 13.9. The lowest BCUT2D eigenvalue weighted by Gasteiger charge is -1.72. The lowest BCUT2D eigenvalue weighted by molar-refractivity contribution is 1.03. The molecule has 0 aromatic carbocycles. The number of H-pyrrole nitrogens is 1. The minimum Gasteiger partial charge on any atom is -0.265 e. The van der Waals surface area contributed by atoms with Gasteiger partial charge in [0.1, 0.15) is 5.36 Å². The van der Waals surface area contributed by atoms with Gasteiger partial charge in [0.15, 0.2) is 5.49 Å². The Morgan fingerprint density at radius 3 is 3.11 bits per heavy atom. The first kappa shape index (κ1) is 4.37. The van der Waals surface area contributed by atoms with Crippen molar-refractivity contribution in [1.82, 2.24) is 10.2 Å². The number of hydrogen-bond acceptors (Lipinski definition) is 2. The van der Waals surface area contributed by atoms with Crippen molar-refractivity contribution in [3.05, 3.63) is 17.0 Å². The predicted molar refractivity (Wildman–Crippen MR) is 28.6 cm³/mol. The Kier molecular flexibility index (Phi) is 0.606. The first-order valence-corrected chi connectivity index (χ1v) is 2.41. The van der Waals surface area contributed by atoms with Crippen LogP contribution in [0.2, 0.25) is 0 Å². The lowest BCUT2D eigenvalue weighted by atomic mass is 10.7. The zero-order chi connectivity index (χ0) is 6.27. The van der Waals surface area contributed by atoms with Gasteiger partial charge in [-0.25, -0.2) is 4.99 Å². The van der Waals surface area contributed by atoms with Gasteiger partial charge in [0.2, 0.25) is 5.96 Å². The second-order valence-electron chi connectivity index (χ2n) is 1.65. The molecule has 0 radical (unpaired) electrons. The van der Waals surface area contributed by atoms with Gasteiger partial charge in [-0.1, -0.05) is 0 Å². The standard InChI is InChI=1S/C4H3N5/c5-4-7-2-1-6-9-3(2)8-4/h1H,(H2,5,7,8,9). The molecule has 0 atom stereocenters. The molecule has 44 valence electrons. The molecule has 0 spiro atoms. The summed E-state index contributed by atoms with van der Waals surface area (Å²) in [6.45, 7) is 0. The quantitative estimate of drug-likeness (QED) is 0.435. The van der Waals surface area contributed by atoms with Gasteiger partial charge in [-0.05, 0) is 0 Å². The number of fused-ring (bicyclic) bond motifs is 1. The van der Waals surface area contributed by atoms with Crippen LogP contribution in [0.4, 0.5) is 0 Å². The summed E-state index contributed by atoms with van der Waals surface area (Å²) < 4.78 is 0. The first-order valence-electron chi connectivity index (χ1n) is 2.41. The maximum Gasteiger partial charge on any atom is 0.244 e. The number of nitrogens with one attached hydrogen (secondary N) is 2. The van der Waals surface area contributed by atoms with Crippen LogP contribution >= 0.6 is 0 Å². The van der Waals surface area contributed by atoms with Crippen molar-refractivity contribution in [3.63, 3.8) is 0 Å². The molecule has 1 aromatic rings. The minimum atomic E-state index is 0.0404. The zero-order valence-electron chi connectivity index (χ0n) is 4.42. The van der Waals surface area contributed by atoms with E-state index >= 15 is 0 Å². The molecule has 1 aliphatic rings. The van der Waals surface area contributed by atoms with E-state index in [0.29, 0.717) is 10.8 Å². The largest absolute Gasteiger partial charge is 0.265 e. The topological polar surface area (TPSA) is 77.2 Å². The highest BCUT2D eigenvalue weighted by Gasteiger charge is 2.00. The lowest BCUT2D eigenvalue weighted by Crippen LogP contribution is -2.17. The number of aromatic amines is 1. The van der Waals surface area contributed by atoms with Crippen molar-refractivity contribution < 1.29 is 0 Å². The summed E-state index contributed by atoms with van der Waals surface area (Å²) in [7, 11) is 0. The third kappa shape index (κ3) is 0.479. The minimum absolute atomic E-state index is 0.0404. The summed E-state index contributed by atoms with van der Waals surface area (Å²) in [6.07, 6.45) is 1.54. The zero-order valence-corrected chi connectivity index (χ0v) is 4.42. The smallest absolute Gasteiger partial charge is 0.244 e. The summed E-state index contributed by atoms with van der Waals surface area (Å²) in [5.74, 6) is 0.0404. The molecule has 0 aliphatic carbocycles. The van der Waals surface area contributed by atoms with Gasteiger partial charge < -0.3 is 0 Å². The molecule has 1 aromatic heterocycles. The molecule has 5 nitrogen and oxygen atoms in total. The van der Waals surface area contributed by atoms with Gasteiger partial charge in [-0.2, -0.15) is 10.1 Å². The van der Waals surface area contributed by atoms with E-state index in [1.54, 1.807) is 6.20 Å². The van der Waals surface area contributed by atoms with Gasteiger partial charge in [0.05, 0.1) is 6.20 Å². The molecule has 0 bridgehead atoms. The fourth-order valence-corrected chi connectivity index (χ4v) is 0.682. The molecule has 2 N–H and O–H groups in total. The maximum atomic E-state index is 6.97. The van der Waals surface area contributed by atoms with Gasteiger partial charge in [-0.15, -0.1) is 0 Å². The molecular formula is C4H3N5. The van der Waals surface area contributed by atoms with Crippen LogP contribution in [0.1, 0.15) is 0 Å². The van der Waals surface area contributed by atoms with E-state index in [4.69, 9.17) is 5.41 Å². The Balaban J connectivity index is 3.01. The first-order chi connectivity index (χ1) is 4.36. The van der Waals surface area contributed by atoms with E-state index in [2.05, 4.69) is 20.2 Å². The van der Waals surface area contributed by atoms with Crippen molar-refractivity contribution in [3.8, 4) is 0 Å². The van der Waals surface area contributed by atoms with Crippen LogP contribution in [0.25, 0.3) is 0 Å². The highest BCUT2D eigenvalue weighted by Crippen LogP contribution is 1.76. The molecule has 0 saturated carbocycles. The van der Waals surface area contributed by atoms with Crippen LogP contribution in [0, 0.1) is 5.41 Å². The fourth-order valence-electron chi connectivity index (χ4n) is 0.682. The van der Waals surface area contributed by atoms with Gasteiger partial charge >= 0.3 is 0 Å². The van der Waals surface area contributed by atoms with Crippen molar-refractivity contribution in [2.24, 2.45) is 9.98 Å². The van der Waals surface area contributed by atoms with Gasteiger partial charge in [-0.3, -0.25) is 10.5 Å². The summed E-state index contributed by atoms with van der Waals surface area (Å²) in [6, 6.07) is 0.